The van der Waals surface area contributed by atoms with Gasteiger partial charge < -0.3 is 19.5 Å². The first kappa shape index (κ1) is 27.4. The van der Waals surface area contributed by atoms with E-state index in [2.05, 4.69) is 0 Å². The van der Waals surface area contributed by atoms with Gasteiger partial charge in [0.2, 0.25) is 5.91 Å². The van der Waals surface area contributed by atoms with Gasteiger partial charge in [-0.2, -0.15) is 26.3 Å². The molecule has 1 amide bonds. The van der Waals surface area contributed by atoms with Crippen LogP contribution in [-0.2, 0) is 26.6 Å². The number of alkyl halides is 6. The molecule has 0 saturated carbocycles. The summed E-state index contributed by atoms with van der Waals surface area (Å²) in [6.07, 6.45) is -12.1. The first-order valence-electron chi connectivity index (χ1n) is 11.8. The maximum absolute atomic E-state index is 13.4. The number of aliphatic hydroxyl groups is 1. The molecule has 2 aromatic rings. The van der Waals surface area contributed by atoms with E-state index in [1.54, 1.807) is 0 Å². The number of carbonyl (C=O) groups excluding carboxylic acids is 1. The van der Waals surface area contributed by atoms with Gasteiger partial charge in [0.25, 0.3) is 0 Å². The van der Waals surface area contributed by atoms with Crippen molar-refractivity contribution in [3.8, 4) is 0 Å². The van der Waals surface area contributed by atoms with E-state index in [-0.39, 0.29) is 30.1 Å². The molecule has 0 aromatic heterocycles. The third kappa shape index (κ3) is 5.78. The van der Waals surface area contributed by atoms with E-state index >= 15 is 0 Å². The van der Waals surface area contributed by atoms with E-state index in [1.807, 2.05) is 31.2 Å². The van der Waals surface area contributed by atoms with E-state index in [1.165, 1.54) is 11.8 Å². The van der Waals surface area contributed by atoms with Gasteiger partial charge in [0, 0.05) is 24.9 Å². The van der Waals surface area contributed by atoms with Crippen molar-refractivity contribution in [3.63, 3.8) is 0 Å². The van der Waals surface area contributed by atoms with Gasteiger partial charge in [-0.05, 0) is 54.7 Å². The van der Waals surface area contributed by atoms with Crippen LogP contribution in [0.5, 0.6) is 0 Å². The van der Waals surface area contributed by atoms with Crippen LogP contribution in [0, 0.1) is 18.8 Å². The number of aryl methyl sites for hydroxylation is 1. The van der Waals surface area contributed by atoms with E-state index in [0.717, 1.165) is 11.1 Å². The third-order valence-electron chi connectivity index (χ3n) is 7.17. The van der Waals surface area contributed by atoms with E-state index < -0.39 is 54.3 Å². The molecule has 0 spiro atoms. The lowest BCUT2D eigenvalue weighted by molar-refractivity contribution is -0.217. The van der Waals surface area contributed by atoms with Gasteiger partial charge in [-0.3, -0.25) is 4.79 Å². The molecule has 1 N–H and O–H groups in total. The Morgan fingerprint density at radius 1 is 1.08 bits per heavy atom. The number of fused-ring (bicyclic) bond motifs is 1. The third-order valence-corrected chi connectivity index (χ3v) is 7.17. The zero-order valence-electron chi connectivity index (χ0n) is 20.1. The maximum Gasteiger partial charge on any atom is 0.416 e. The van der Waals surface area contributed by atoms with Gasteiger partial charge in [-0.15, -0.1) is 0 Å². The monoisotopic (exact) mass is 531 g/mol. The number of amides is 1. The van der Waals surface area contributed by atoms with Crippen molar-refractivity contribution in [1.82, 2.24) is 4.90 Å². The number of benzene rings is 2. The zero-order chi connectivity index (χ0) is 27.1. The van der Waals surface area contributed by atoms with Crippen LogP contribution in [0.25, 0.3) is 0 Å². The molecule has 11 heteroatoms. The summed E-state index contributed by atoms with van der Waals surface area (Å²) in [6, 6.07) is 8.82. The van der Waals surface area contributed by atoms with Crippen molar-refractivity contribution in [2.75, 3.05) is 26.3 Å². The molecular weight excluding hydrogens is 504 g/mol. The van der Waals surface area contributed by atoms with E-state index in [9.17, 15) is 36.2 Å². The summed E-state index contributed by atoms with van der Waals surface area (Å²) in [5.41, 5.74) is -1.35. The molecule has 2 saturated heterocycles. The molecular formula is C26H27F6NO4. The Hall–Kier alpha value is -2.63. The van der Waals surface area contributed by atoms with Crippen molar-refractivity contribution < 1.29 is 45.7 Å². The summed E-state index contributed by atoms with van der Waals surface area (Å²) < 4.78 is 92.3. The van der Waals surface area contributed by atoms with Gasteiger partial charge >= 0.3 is 12.4 Å². The molecule has 5 atom stereocenters. The van der Waals surface area contributed by atoms with Crippen LogP contribution in [0.3, 0.4) is 0 Å². The highest BCUT2D eigenvalue weighted by atomic mass is 19.4. The minimum Gasteiger partial charge on any atom is -0.387 e. The second kappa shape index (κ2) is 10.3. The first-order chi connectivity index (χ1) is 17.3. The van der Waals surface area contributed by atoms with Gasteiger partial charge in [0.15, 0.2) is 6.29 Å². The molecule has 0 radical (unpaired) electrons. The molecule has 2 fully saturated rings. The lowest BCUT2D eigenvalue weighted by atomic mass is 9.76. The molecule has 37 heavy (non-hydrogen) atoms. The Kier molecular flexibility index (Phi) is 7.60. The summed E-state index contributed by atoms with van der Waals surface area (Å²) >= 11 is 0. The zero-order valence-corrected chi connectivity index (χ0v) is 20.1. The largest absolute Gasteiger partial charge is 0.416 e. The Morgan fingerprint density at radius 3 is 2.27 bits per heavy atom. The van der Waals surface area contributed by atoms with Gasteiger partial charge in [-0.1, -0.05) is 24.3 Å². The van der Waals surface area contributed by atoms with Gasteiger partial charge in [-0.25, -0.2) is 0 Å². The summed E-state index contributed by atoms with van der Waals surface area (Å²) in [5.74, 6) is -1.07. The Morgan fingerprint density at radius 2 is 1.70 bits per heavy atom. The lowest BCUT2D eigenvalue weighted by Gasteiger charge is -2.41. The van der Waals surface area contributed by atoms with Crippen LogP contribution in [0.1, 0.15) is 46.8 Å². The van der Waals surface area contributed by atoms with Gasteiger partial charge in [0.05, 0.1) is 23.8 Å². The van der Waals surface area contributed by atoms with Crippen LogP contribution in [0.15, 0.2) is 42.5 Å². The molecule has 1 unspecified atom stereocenters. The van der Waals surface area contributed by atoms with Crippen molar-refractivity contribution in [1.29, 1.82) is 0 Å². The Bertz CT molecular complexity index is 1100. The second-order valence-corrected chi connectivity index (χ2v) is 9.58. The fraction of sp³-hybridized carbons (Fsp3) is 0.500. The molecule has 0 bridgehead atoms. The highest BCUT2D eigenvalue weighted by Gasteiger charge is 2.48. The summed E-state index contributed by atoms with van der Waals surface area (Å²) in [5, 5.41) is 9.30. The van der Waals surface area contributed by atoms with Crippen molar-refractivity contribution in [3.05, 3.63) is 70.3 Å². The number of halogens is 6. The molecule has 202 valence electrons. The summed E-state index contributed by atoms with van der Waals surface area (Å²) in [7, 11) is 0. The molecule has 2 aromatic carbocycles. The fourth-order valence-electron chi connectivity index (χ4n) is 5.26. The number of hydrogen-bond donors (Lipinski definition) is 1. The summed E-state index contributed by atoms with van der Waals surface area (Å²) in [6.45, 7) is 3.52. The van der Waals surface area contributed by atoms with Crippen LogP contribution in [-0.4, -0.2) is 48.5 Å². The minimum absolute atomic E-state index is 0.0688. The number of hydrogen-bond acceptors (Lipinski definition) is 4. The van der Waals surface area contributed by atoms with Crippen LogP contribution in [0.4, 0.5) is 26.3 Å². The van der Waals surface area contributed by atoms with Crippen molar-refractivity contribution in [2.24, 2.45) is 11.8 Å². The van der Waals surface area contributed by atoms with Crippen LogP contribution < -0.4 is 0 Å². The van der Waals surface area contributed by atoms with Gasteiger partial charge in [0.1, 0.15) is 6.61 Å². The smallest absolute Gasteiger partial charge is 0.387 e. The molecule has 4 rings (SSSR count). The highest BCUT2D eigenvalue weighted by Crippen LogP contribution is 2.46. The SMILES string of the molecule is Cc1ccccc1[C@H]1C2CN(C(=O)CO)C[C@H]2CO[C@@H]1O[C@H](C)c1cc(C(F)(F)F)cc(C(F)(F)F)c1. The van der Waals surface area contributed by atoms with Crippen molar-refractivity contribution >= 4 is 5.91 Å². The molecule has 2 aliphatic heterocycles. The number of ether oxygens (including phenoxy) is 2. The standard InChI is InChI=1S/C26H27F6NO4/c1-14-5-3-4-6-20(14)23-21-11-33(22(35)12-34)10-17(21)13-36-24(23)37-15(2)16-7-18(25(27,28)29)9-19(8-16)26(30,31)32/h3-9,15,17,21,23-24,34H,10-13H2,1-2H3/t15-,17+,21?,23+,24-/m1/s1. The van der Waals surface area contributed by atoms with Crippen molar-refractivity contribution in [2.45, 2.75) is 44.5 Å². The van der Waals surface area contributed by atoms with Crippen LogP contribution in [0.2, 0.25) is 0 Å². The average molecular weight is 531 g/mol. The average Bonchev–Trinajstić information content (AvgIpc) is 3.27. The molecule has 2 aliphatic rings. The number of likely N-dealkylation sites (tertiary alicyclic amines) is 1. The molecule has 5 nitrogen and oxygen atoms in total. The molecule has 0 aliphatic carbocycles. The maximum atomic E-state index is 13.4. The first-order valence-corrected chi connectivity index (χ1v) is 11.8. The van der Waals surface area contributed by atoms with E-state index in [4.69, 9.17) is 9.47 Å². The quantitative estimate of drug-likeness (QED) is 0.531. The number of nitrogens with zero attached hydrogens (tertiary/aromatic N) is 1. The Labute approximate surface area is 210 Å². The normalized spacial score (nSPS) is 25.2. The lowest BCUT2D eigenvalue weighted by Crippen LogP contribution is -2.42. The predicted molar refractivity (Wildman–Crippen MR) is 120 cm³/mol. The fourth-order valence-corrected chi connectivity index (χ4v) is 5.26. The second-order valence-electron chi connectivity index (χ2n) is 9.58. The predicted octanol–water partition coefficient (Wildman–Crippen LogP) is 5.32. The number of rotatable bonds is 5. The Balaban J connectivity index is 1.67. The molecule has 2 heterocycles. The van der Waals surface area contributed by atoms with Crippen LogP contribution >= 0.6 is 0 Å². The topological polar surface area (TPSA) is 59.0 Å². The minimum atomic E-state index is -4.97. The van der Waals surface area contributed by atoms with E-state index in [0.29, 0.717) is 25.2 Å². The number of aliphatic hydroxyl groups excluding tert-OH is 1. The number of carbonyl (C=O) groups is 1. The summed E-state index contributed by atoms with van der Waals surface area (Å²) in [4.78, 5) is 13.7. The highest BCUT2D eigenvalue weighted by molar-refractivity contribution is 5.77.